The van der Waals surface area contributed by atoms with Crippen LogP contribution in [0.1, 0.15) is 12.0 Å². The summed E-state index contributed by atoms with van der Waals surface area (Å²) in [7, 11) is -1.85. The number of nitrogens with zero attached hydrogens (tertiary/aromatic N) is 3. The summed E-state index contributed by atoms with van der Waals surface area (Å²) in [4.78, 5) is 13.8. The van der Waals surface area contributed by atoms with Crippen LogP contribution in [-0.4, -0.2) is 42.6 Å². The van der Waals surface area contributed by atoms with E-state index in [0.29, 0.717) is 6.54 Å². The summed E-state index contributed by atoms with van der Waals surface area (Å²) in [6, 6.07) is 12.9. The lowest BCUT2D eigenvalue weighted by Gasteiger charge is -2.16. The van der Waals surface area contributed by atoms with Gasteiger partial charge in [0.1, 0.15) is 4.21 Å². The van der Waals surface area contributed by atoms with Crippen LogP contribution >= 0.6 is 11.3 Å². The molecule has 27 heavy (non-hydrogen) atoms. The standard InChI is InChI=1S/C18H20N4O3S2/c1-21(13-15-12-19-22(14-15)16-6-3-2-4-7-16)17(23)9-10-20-27(24,25)18-8-5-11-26-18/h2-8,11-12,14,20H,9-10,13H2,1H3. The molecule has 7 nitrogen and oxygen atoms in total. The number of hydrogen-bond acceptors (Lipinski definition) is 5. The van der Waals surface area contributed by atoms with Gasteiger partial charge in [-0.1, -0.05) is 24.3 Å². The van der Waals surface area contributed by atoms with Crippen molar-refractivity contribution >= 4 is 27.3 Å². The van der Waals surface area contributed by atoms with Gasteiger partial charge in [0.05, 0.1) is 11.9 Å². The zero-order valence-corrected chi connectivity index (χ0v) is 16.4. The summed E-state index contributed by atoms with van der Waals surface area (Å²) in [5, 5.41) is 6.01. The summed E-state index contributed by atoms with van der Waals surface area (Å²) >= 11 is 1.14. The van der Waals surface area contributed by atoms with Gasteiger partial charge in [-0.05, 0) is 23.6 Å². The third-order valence-corrected chi connectivity index (χ3v) is 6.75. The molecule has 0 atom stereocenters. The van der Waals surface area contributed by atoms with E-state index in [9.17, 15) is 13.2 Å². The Balaban J connectivity index is 1.50. The molecule has 1 N–H and O–H groups in total. The fraction of sp³-hybridized carbons (Fsp3) is 0.222. The molecule has 3 rings (SSSR count). The molecule has 0 bridgehead atoms. The molecule has 0 aliphatic carbocycles. The number of amides is 1. The molecule has 2 heterocycles. The lowest BCUT2D eigenvalue weighted by Crippen LogP contribution is -2.31. The molecule has 2 aromatic heterocycles. The predicted molar refractivity (Wildman–Crippen MR) is 104 cm³/mol. The van der Waals surface area contributed by atoms with E-state index < -0.39 is 10.0 Å². The Labute approximate surface area is 162 Å². The maximum Gasteiger partial charge on any atom is 0.250 e. The third-order valence-electron chi connectivity index (χ3n) is 3.89. The monoisotopic (exact) mass is 404 g/mol. The Morgan fingerprint density at radius 1 is 1.22 bits per heavy atom. The van der Waals surface area contributed by atoms with E-state index in [1.165, 1.54) is 6.07 Å². The lowest BCUT2D eigenvalue weighted by atomic mass is 10.3. The molecule has 0 aliphatic rings. The second-order valence-corrected chi connectivity index (χ2v) is 8.90. The van der Waals surface area contributed by atoms with Crippen LogP contribution in [0.4, 0.5) is 0 Å². The number of hydrogen-bond donors (Lipinski definition) is 1. The number of rotatable bonds is 8. The Bertz CT molecular complexity index is 983. The third kappa shape index (κ3) is 5.03. The van der Waals surface area contributed by atoms with Gasteiger partial charge in [-0.3, -0.25) is 4.79 Å². The summed E-state index contributed by atoms with van der Waals surface area (Å²) in [5.41, 5.74) is 1.84. The zero-order chi connectivity index (χ0) is 19.3. The number of thiophene rings is 1. The Morgan fingerprint density at radius 2 is 2.00 bits per heavy atom. The number of nitrogens with one attached hydrogen (secondary N) is 1. The molecule has 3 aromatic rings. The summed E-state index contributed by atoms with van der Waals surface area (Å²) in [5.74, 6) is -0.142. The molecule has 0 fully saturated rings. The molecule has 0 saturated heterocycles. The van der Waals surface area contributed by atoms with Crippen molar-refractivity contribution in [1.29, 1.82) is 0 Å². The maximum absolute atomic E-state index is 12.3. The molecule has 0 radical (unpaired) electrons. The van der Waals surface area contributed by atoms with E-state index in [0.717, 1.165) is 22.6 Å². The van der Waals surface area contributed by atoms with E-state index in [2.05, 4.69) is 9.82 Å². The molecule has 1 aromatic carbocycles. The Kier molecular flexibility index (Phi) is 6.04. The van der Waals surface area contributed by atoms with Crippen molar-refractivity contribution in [2.24, 2.45) is 0 Å². The van der Waals surface area contributed by atoms with E-state index in [-0.39, 0.29) is 23.1 Å². The average molecular weight is 405 g/mol. The quantitative estimate of drug-likeness (QED) is 0.624. The molecule has 0 saturated carbocycles. The zero-order valence-electron chi connectivity index (χ0n) is 14.8. The molecular formula is C18H20N4O3S2. The number of para-hydroxylation sites is 1. The number of aromatic nitrogens is 2. The van der Waals surface area contributed by atoms with Gasteiger partial charge in [0.25, 0.3) is 0 Å². The van der Waals surface area contributed by atoms with Crippen molar-refractivity contribution < 1.29 is 13.2 Å². The van der Waals surface area contributed by atoms with Crippen molar-refractivity contribution in [3.8, 4) is 5.69 Å². The lowest BCUT2D eigenvalue weighted by molar-refractivity contribution is -0.130. The molecule has 1 amide bonds. The first kappa shape index (κ1) is 19.3. The van der Waals surface area contributed by atoms with Crippen LogP contribution in [0.15, 0.2) is 64.4 Å². The smallest absolute Gasteiger partial charge is 0.250 e. The van der Waals surface area contributed by atoms with Gasteiger partial charge in [0.15, 0.2) is 0 Å². The van der Waals surface area contributed by atoms with Crippen LogP contribution < -0.4 is 4.72 Å². The molecule has 0 spiro atoms. The normalized spacial score (nSPS) is 11.4. The fourth-order valence-corrected chi connectivity index (χ4v) is 4.57. The minimum absolute atomic E-state index is 0.0622. The summed E-state index contributed by atoms with van der Waals surface area (Å²) < 4.78 is 28.5. The van der Waals surface area contributed by atoms with Crippen molar-refractivity contribution in [2.45, 2.75) is 17.2 Å². The van der Waals surface area contributed by atoms with E-state index in [1.807, 2.05) is 36.5 Å². The van der Waals surface area contributed by atoms with Gasteiger partial charge in [0.2, 0.25) is 15.9 Å². The van der Waals surface area contributed by atoms with Gasteiger partial charge in [-0.25, -0.2) is 17.8 Å². The SMILES string of the molecule is CN(Cc1cnn(-c2ccccc2)c1)C(=O)CCNS(=O)(=O)c1cccs1. The van der Waals surface area contributed by atoms with Gasteiger partial charge in [0, 0.05) is 38.3 Å². The molecule has 9 heteroatoms. The van der Waals surface area contributed by atoms with E-state index in [1.54, 1.807) is 34.3 Å². The van der Waals surface area contributed by atoms with Crippen molar-refractivity contribution in [3.05, 3.63) is 65.8 Å². The first-order chi connectivity index (χ1) is 13.0. The van der Waals surface area contributed by atoms with Crippen LogP contribution in [-0.2, 0) is 21.4 Å². The van der Waals surface area contributed by atoms with Crippen molar-refractivity contribution in [1.82, 2.24) is 19.4 Å². The largest absolute Gasteiger partial charge is 0.341 e. The molecule has 0 unspecified atom stereocenters. The Morgan fingerprint density at radius 3 is 2.70 bits per heavy atom. The highest BCUT2D eigenvalue weighted by atomic mass is 32.2. The van der Waals surface area contributed by atoms with Crippen LogP contribution in [0.3, 0.4) is 0 Å². The molecule has 142 valence electrons. The second kappa shape index (κ2) is 8.47. The van der Waals surface area contributed by atoms with E-state index >= 15 is 0 Å². The van der Waals surface area contributed by atoms with Crippen LogP contribution in [0.25, 0.3) is 5.69 Å². The Hall–Kier alpha value is -2.49. The average Bonchev–Trinajstić information content (AvgIpc) is 3.34. The topological polar surface area (TPSA) is 84.3 Å². The minimum atomic E-state index is -3.54. The van der Waals surface area contributed by atoms with Gasteiger partial charge in [-0.2, -0.15) is 5.10 Å². The predicted octanol–water partition coefficient (Wildman–Crippen LogP) is 2.26. The first-order valence-electron chi connectivity index (χ1n) is 8.32. The van der Waals surface area contributed by atoms with Gasteiger partial charge < -0.3 is 4.90 Å². The minimum Gasteiger partial charge on any atom is -0.341 e. The summed E-state index contributed by atoms with van der Waals surface area (Å²) in [6.45, 7) is 0.468. The van der Waals surface area contributed by atoms with Crippen LogP contribution in [0.5, 0.6) is 0 Å². The van der Waals surface area contributed by atoms with Crippen LogP contribution in [0.2, 0.25) is 0 Å². The van der Waals surface area contributed by atoms with Crippen molar-refractivity contribution in [2.75, 3.05) is 13.6 Å². The van der Waals surface area contributed by atoms with Crippen LogP contribution in [0, 0.1) is 0 Å². The highest BCUT2D eigenvalue weighted by Crippen LogP contribution is 2.15. The number of sulfonamides is 1. The first-order valence-corrected chi connectivity index (χ1v) is 10.7. The van der Waals surface area contributed by atoms with E-state index in [4.69, 9.17) is 0 Å². The number of carbonyl (C=O) groups is 1. The highest BCUT2D eigenvalue weighted by Gasteiger charge is 2.16. The molecule has 0 aliphatic heterocycles. The van der Waals surface area contributed by atoms with Gasteiger partial charge >= 0.3 is 0 Å². The fourth-order valence-electron chi connectivity index (χ4n) is 2.50. The molecular weight excluding hydrogens is 384 g/mol. The number of carbonyl (C=O) groups excluding carboxylic acids is 1. The van der Waals surface area contributed by atoms with Gasteiger partial charge in [-0.15, -0.1) is 11.3 Å². The maximum atomic E-state index is 12.3. The number of benzene rings is 1. The van der Waals surface area contributed by atoms with Crippen molar-refractivity contribution in [3.63, 3.8) is 0 Å². The second-order valence-electron chi connectivity index (χ2n) is 5.96. The summed E-state index contributed by atoms with van der Waals surface area (Å²) in [6.07, 6.45) is 3.68. The highest BCUT2D eigenvalue weighted by molar-refractivity contribution is 7.91.